The molecule has 1 fully saturated rings. The summed E-state index contributed by atoms with van der Waals surface area (Å²) in [5.74, 6) is 0.907. The Hall–Kier alpha value is -1.55. The van der Waals surface area contributed by atoms with Gasteiger partial charge in [0.05, 0.1) is 6.61 Å². The third-order valence-corrected chi connectivity index (χ3v) is 4.61. The second-order valence-electron chi connectivity index (χ2n) is 6.72. The molecule has 1 N–H and O–H groups in total. The zero-order valence-corrected chi connectivity index (χ0v) is 19.6. The number of carbonyl (C=O) groups excluding carboxylic acids is 1. The van der Waals surface area contributed by atoms with Crippen molar-refractivity contribution in [3.05, 3.63) is 35.9 Å². The fraction of sp³-hybridized carbons (Fsp3) is 0.600. The van der Waals surface area contributed by atoms with Crippen LogP contribution in [0.4, 0.5) is 4.79 Å². The van der Waals surface area contributed by atoms with Crippen LogP contribution in [0, 0.1) is 0 Å². The van der Waals surface area contributed by atoms with Crippen LogP contribution < -0.4 is 5.32 Å². The molecule has 1 heterocycles. The lowest BCUT2D eigenvalue weighted by Crippen LogP contribution is -2.54. The first-order chi connectivity index (χ1) is 13.1. The van der Waals surface area contributed by atoms with Crippen LogP contribution in [0.5, 0.6) is 0 Å². The number of benzene rings is 1. The molecule has 1 aromatic rings. The van der Waals surface area contributed by atoms with Crippen molar-refractivity contribution in [1.29, 1.82) is 0 Å². The average Bonchev–Trinajstić information content (AvgIpc) is 2.69. The van der Waals surface area contributed by atoms with Crippen LogP contribution in [0.3, 0.4) is 0 Å². The van der Waals surface area contributed by atoms with Crippen molar-refractivity contribution in [1.82, 2.24) is 20.0 Å². The zero-order valence-electron chi connectivity index (χ0n) is 17.3. The van der Waals surface area contributed by atoms with Gasteiger partial charge in [-0.3, -0.25) is 4.99 Å². The van der Waals surface area contributed by atoms with Crippen LogP contribution in [0.2, 0.25) is 0 Å². The molecule has 28 heavy (non-hydrogen) atoms. The third kappa shape index (κ3) is 8.22. The fourth-order valence-electron chi connectivity index (χ4n) is 3.17. The lowest BCUT2D eigenvalue weighted by molar-refractivity contribution is 0.0914. The molecule has 7 nitrogen and oxygen atoms in total. The summed E-state index contributed by atoms with van der Waals surface area (Å²) in [6, 6.07) is 10.5. The third-order valence-electron chi connectivity index (χ3n) is 4.61. The number of carbonyl (C=O) groups is 1. The van der Waals surface area contributed by atoms with Crippen molar-refractivity contribution >= 4 is 36.0 Å². The lowest BCUT2D eigenvalue weighted by atomic mass is 10.2. The molecular formula is C20H34IN5O2. The maximum Gasteiger partial charge on any atom is 0.409 e. The van der Waals surface area contributed by atoms with Gasteiger partial charge in [-0.25, -0.2) is 4.79 Å². The number of nitrogens with one attached hydrogen (secondary N) is 1. The van der Waals surface area contributed by atoms with E-state index in [4.69, 9.17) is 4.74 Å². The second kappa shape index (κ2) is 13.6. The summed E-state index contributed by atoms with van der Waals surface area (Å²) in [4.78, 5) is 22.5. The number of guanidine groups is 1. The number of hydrogen-bond donors (Lipinski definition) is 1. The number of nitrogens with zero attached hydrogens (tertiary/aromatic N) is 4. The average molecular weight is 503 g/mol. The van der Waals surface area contributed by atoms with Gasteiger partial charge in [-0.15, -0.1) is 24.0 Å². The van der Waals surface area contributed by atoms with E-state index in [1.807, 2.05) is 20.0 Å². The summed E-state index contributed by atoms with van der Waals surface area (Å²) in [6.07, 6.45) is 0.826. The quantitative estimate of drug-likeness (QED) is 0.268. The van der Waals surface area contributed by atoms with Crippen LogP contribution in [0.25, 0.3) is 0 Å². The summed E-state index contributed by atoms with van der Waals surface area (Å²) in [7, 11) is 3.96. The van der Waals surface area contributed by atoms with Crippen LogP contribution in [-0.2, 0) is 11.3 Å². The molecular weight excluding hydrogens is 469 g/mol. The van der Waals surface area contributed by atoms with Crippen molar-refractivity contribution in [2.75, 3.05) is 60.0 Å². The van der Waals surface area contributed by atoms with Crippen molar-refractivity contribution in [2.45, 2.75) is 19.9 Å². The molecule has 0 atom stereocenters. The molecule has 0 saturated carbocycles. The lowest BCUT2D eigenvalue weighted by Gasteiger charge is -2.35. The minimum atomic E-state index is -0.221. The van der Waals surface area contributed by atoms with Gasteiger partial charge < -0.3 is 24.8 Å². The first-order valence-corrected chi connectivity index (χ1v) is 9.73. The molecule has 1 aliphatic heterocycles. The summed E-state index contributed by atoms with van der Waals surface area (Å²) in [5.41, 5.74) is 1.34. The van der Waals surface area contributed by atoms with Gasteiger partial charge in [-0.2, -0.15) is 0 Å². The Morgan fingerprint density at radius 2 is 1.82 bits per heavy atom. The van der Waals surface area contributed by atoms with Crippen LogP contribution in [0.1, 0.15) is 18.9 Å². The minimum Gasteiger partial charge on any atom is -0.450 e. The molecule has 0 bridgehead atoms. The van der Waals surface area contributed by atoms with Crippen LogP contribution >= 0.6 is 24.0 Å². The summed E-state index contributed by atoms with van der Waals surface area (Å²) < 4.78 is 5.07. The van der Waals surface area contributed by atoms with E-state index in [9.17, 15) is 4.79 Å². The molecule has 1 saturated heterocycles. The largest absolute Gasteiger partial charge is 0.450 e. The number of halogens is 1. The Morgan fingerprint density at radius 3 is 2.43 bits per heavy atom. The van der Waals surface area contributed by atoms with E-state index in [1.54, 1.807) is 4.90 Å². The fourth-order valence-corrected chi connectivity index (χ4v) is 3.17. The number of aliphatic imine (C=N–C) groups is 1. The van der Waals surface area contributed by atoms with Gasteiger partial charge >= 0.3 is 6.09 Å². The molecule has 0 aromatic heterocycles. The molecule has 0 radical (unpaired) electrons. The summed E-state index contributed by atoms with van der Waals surface area (Å²) in [6.45, 7) is 7.99. The highest BCUT2D eigenvalue weighted by molar-refractivity contribution is 14.0. The van der Waals surface area contributed by atoms with E-state index in [-0.39, 0.29) is 30.1 Å². The Balaban J connectivity index is 0.00000392. The first-order valence-electron chi connectivity index (χ1n) is 9.73. The Morgan fingerprint density at radius 1 is 1.18 bits per heavy atom. The summed E-state index contributed by atoms with van der Waals surface area (Å²) >= 11 is 0. The van der Waals surface area contributed by atoms with E-state index < -0.39 is 0 Å². The highest BCUT2D eigenvalue weighted by Crippen LogP contribution is 2.05. The number of ether oxygens (including phenoxy) is 1. The maximum absolute atomic E-state index is 11.8. The molecule has 8 heteroatoms. The van der Waals surface area contributed by atoms with Gasteiger partial charge in [-0.05, 0) is 32.5 Å². The Kier molecular flexibility index (Phi) is 11.9. The van der Waals surface area contributed by atoms with Gasteiger partial charge in [0, 0.05) is 46.3 Å². The highest BCUT2D eigenvalue weighted by Gasteiger charge is 2.23. The van der Waals surface area contributed by atoms with Gasteiger partial charge in [0.15, 0.2) is 5.96 Å². The van der Waals surface area contributed by atoms with Crippen molar-refractivity contribution < 1.29 is 9.53 Å². The zero-order chi connectivity index (χ0) is 19.5. The monoisotopic (exact) mass is 503 g/mol. The van der Waals surface area contributed by atoms with Gasteiger partial charge in [0.25, 0.3) is 0 Å². The highest BCUT2D eigenvalue weighted by atomic mass is 127. The van der Waals surface area contributed by atoms with Crippen molar-refractivity contribution in [2.24, 2.45) is 4.99 Å². The van der Waals surface area contributed by atoms with E-state index in [1.165, 1.54) is 5.56 Å². The van der Waals surface area contributed by atoms with E-state index in [0.717, 1.165) is 45.1 Å². The normalized spacial score (nSPS) is 14.6. The van der Waals surface area contributed by atoms with Gasteiger partial charge in [-0.1, -0.05) is 30.3 Å². The number of hydrogen-bond acceptors (Lipinski definition) is 4. The molecule has 1 aliphatic rings. The van der Waals surface area contributed by atoms with Crippen LogP contribution in [0.15, 0.2) is 35.3 Å². The van der Waals surface area contributed by atoms with E-state index in [0.29, 0.717) is 19.7 Å². The van der Waals surface area contributed by atoms with E-state index in [2.05, 4.69) is 51.4 Å². The number of piperazine rings is 1. The smallest absolute Gasteiger partial charge is 0.409 e. The van der Waals surface area contributed by atoms with Crippen LogP contribution in [-0.4, -0.2) is 86.7 Å². The molecule has 2 rings (SSSR count). The predicted molar refractivity (Wildman–Crippen MR) is 124 cm³/mol. The van der Waals surface area contributed by atoms with Gasteiger partial charge in [0.1, 0.15) is 0 Å². The molecule has 1 aromatic carbocycles. The SMILES string of the molecule is CCOC(=O)N1CCN(C(=NC)NCCCN(C)Cc2ccccc2)CC1.I. The first kappa shape index (κ1) is 24.5. The summed E-state index contributed by atoms with van der Waals surface area (Å²) in [5, 5.41) is 3.44. The molecule has 1 amide bonds. The number of amides is 1. The molecule has 0 unspecified atom stereocenters. The molecule has 158 valence electrons. The Labute approximate surface area is 186 Å². The molecule has 0 aliphatic carbocycles. The van der Waals surface area contributed by atoms with Gasteiger partial charge in [0.2, 0.25) is 0 Å². The standard InChI is InChI=1S/C20H33N5O2.HI/c1-4-27-20(26)25-15-13-24(14-16-25)19(21-2)22-11-8-12-23(3)17-18-9-6-5-7-10-18;/h5-7,9-10H,4,8,11-17H2,1-3H3,(H,21,22);1H. The topological polar surface area (TPSA) is 60.4 Å². The maximum atomic E-state index is 11.8. The molecule has 0 spiro atoms. The second-order valence-corrected chi connectivity index (χ2v) is 6.72. The van der Waals surface area contributed by atoms with E-state index >= 15 is 0 Å². The predicted octanol–water partition coefficient (Wildman–Crippen LogP) is 2.48. The van der Waals surface area contributed by atoms with Crippen molar-refractivity contribution in [3.8, 4) is 0 Å². The Bertz CT molecular complexity index is 592. The van der Waals surface area contributed by atoms with Crippen molar-refractivity contribution in [3.63, 3.8) is 0 Å². The number of rotatable bonds is 7. The minimum absolute atomic E-state index is 0.